The van der Waals surface area contributed by atoms with Crippen LogP contribution in [0, 0.1) is 11.6 Å². The second kappa shape index (κ2) is 7.50. The predicted octanol–water partition coefficient (Wildman–Crippen LogP) is 6.71. The van der Waals surface area contributed by atoms with Gasteiger partial charge >= 0.3 is 0 Å². The van der Waals surface area contributed by atoms with Gasteiger partial charge in [-0.1, -0.05) is 12.1 Å². The molecule has 0 aliphatic carbocycles. The van der Waals surface area contributed by atoms with E-state index in [9.17, 15) is 13.9 Å². The molecule has 4 aromatic carbocycles. The average molecular weight is 420 g/mol. The monoisotopic (exact) mass is 420 g/mol. The molecule has 30 heavy (non-hydrogen) atoms. The van der Waals surface area contributed by atoms with Gasteiger partial charge in [0, 0.05) is 9.79 Å². The molecule has 0 unspecified atom stereocenters. The Labute approximate surface area is 175 Å². The number of hydrogen-bond donors (Lipinski definition) is 2. The number of benzene rings is 4. The fourth-order valence-corrected chi connectivity index (χ4v) is 6.26. The number of phenols is 1. The van der Waals surface area contributed by atoms with Crippen molar-refractivity contribution >= 4 is 10.9 Å². The molecule has 5 rings (SSSR count). The van der Waals surface area contributed by atoms with Crippen LogP contribution in [0.3, 0.4) is 0 Å². The summed E-state index contributed by atoms with van der Waals surface area (Å²) in [5.41, 5.74) is 2.50. The van der Waals surface area contributed by atoms with Crippen molar-refractivity contribution in [2.45, 2.75) is 21.3 Å². The van der Waals surface area contributed by atoms with Crippen molar-refractivity contribution in [3.05, 3.63) is 102 Å². The number of ether oxygens (including phenoxy) is 1. The van der Waals surface area contributed by atoms with Crippen LogP contribution in [0.15, 0.2) is 99.6 Å². The zero-order chi connectivity index (χ0) is 20.7. The zero-order valence-electron chi connectivity index (χ0n) is 15.8. The van der Waals surface area contributed by atoms with E-state index in [4.69, 9.17) is 4.74 Å². The van der Waals surface area contributed by atoms with E-state index in [1.807, 2.05) is 48.5 Å². The van der Waals surface area contributed by atoms with E-state index in [0.717, 1.165) is 37.1 Å². The number of aromatic hydroxyl groups is 1. The summed E-state index contributed by atoms with van der Waals surface area (Å²) in [7, 11) is -0.883. The minimum atomic E-state index is -0.883. The van der Waals surface area contributed by atoms with Crippen LogP contribution >= 0.6 is 10.9 Å². The van der Waals surface area contributed by atoms with Gasteiger partial charge in [-0.2, -0.15) is 10.9 Å². The Kier molecular flexibility index (Phi) is 4.68. The third-order valence-corrected chi connectivity index (χ3v) is 7.68. The van der Waals surface area contributed by atoms with Gasteiger partial charge in [0.1, 0.15) is 29.7 Å². The lowest BCUT2D eigenvalue weighted by molar-refractivity contribution is 0.306. The highest BCUT2D eigenvalue weighted by molar-refractivity contribution is 8.17. The second-order valence-electron chi connectivity index (χ2n) is 7.11. The number of fused-ring (bicyclic) bond motifs is 3. The van der Waals surface area contributed by atoms with Crippen LogP contribution in [0.5, 0.6) is 11.5 Å². The highest BCUT2D eigenvalue weighted by atomic mass is 32.2. The van der Waals surface area contributed by atoms with Crippen LogP contribution in [0.2, 0.25) is 0 Å². The molecule has 1 heterocycles. The summed E-state index contributed by atoms with van der Waals surface area (Å²) in [4.78, 5) is 3.16. The molecule has 0 saturated heterocycles. The smallest absolute Gasteiger partial charge is 0.123 e. The maximum atomic E-state index is 13.9. The van der Waals surface area contributed by atoms with Gasteiger partial charge in [0.2, 0.25) is 0 Å². The summed E-state index contributed by atoms with van der Waals surface area (Å²) in [6.07, 6.45) is 0. The SMILES string of the molecule is Oc1ccc(COc2ccc([SH]3c4ccc(F)cc4-c4cc(F)ccc43)cc2)cc1. The Morgan fingerprint density at radius 3 is 1.83 bits per heavy atom. The van der Waals surface area contributed by atoms with Crippen LogP contribution in [0.25, 0.3) is 11.1 Å². The normalized spacial score (nSPS) is 13.1. The molecule has 4 aromatic rings. The summed E-state index contributed by atoms with van der Waals surface area (Å²) in [6.45, 7) is 0.401. The number of halogens is 2. The van der Waals surface area contributed by atoms with Gasteiger partial charge in [-0.15, -0.1) is 0 Å². The van der Waals surface area contributed by atoms with E-state index < -0.39 is 10.9 Å². The summed E-state index contributed by atoms with van der Waals surface area (Å²) < 4.78 is 33.6. The highest BCUT2D eigenvalue weighted by Crippen LogP contribution is 2.62. The summed E-state index contributed by atoms with van der Waals surface area (Å²) in [6, 6.07) is 24.3. The van der Waals surface area contributed by atoms with Crippen LogP contribution in [-0.4, -0.2) is 5.11 Å². The summed E-state index contributed by atoms with van der Waals surface area (Å²) in [5, 5.41) is 9.37. The van der Waals surface area contributed by atoms with Gasteiger partial charge in [0.05, 0.1) is 0 Å². The van der Waals surface area contributed by atoms with E-state index in [-0.39, 0.29) is 17.4 Å². The molecule has 150 valence electrons. The molecule has 5 heteroatoms. The first-order chi connectivity index (χ1) is 14.6. The van der Waals surface area contributed by atoms with E-state index in [2.05, 4.69) is 0 Å². The lowest BCUT2D eigenvalue weighted by Gasteiger charge is -2.19. The van der Waals surface area contributed by atoms with E-state index in [1.54, 1.807) is 12.1 Å². The van der Waals surface area contributed by atoms with Gasteiger partial charge in [-0.05, 0) is 94.4 Å². The molecule has 0 bridgehead atoms. The van der Waals surface area contributed by atoms with E-state index in [0.29, 0.717) is 6.61 Å². The first-order valence-corrected chi connectivity index (χ1v) is 10.8. The Bertz CT molecular complexity index is 1170. The van der Waals surface area contributed by atoms with E-state index >= 15 is 0 Å². The van der Waals surface area contributed by atoms with Gasteiger partial charge in [0.15, 0.2) is 0 Å². The quantitative estimate of drug-likeness (QED) is 0.317. The first kappa shape index (κ1) is 18.7. The van der Waals surface area contributed by atoms with Crippen molar-refractivity contribution in [2.24, 2.45) is 0 Å². The molecule has 0 amide bonds. The zero-order valence-corrected chi connectivity index (χ0v) is 16.7. The Hall–Kier alpha value is -3.31. The van der Waals surface area contributed by atoms with Crippen LogP contribution in [0.4, 0.5) is 8.78 Å². The molecule has 1 aliphatic heterocycles. The fraction of sp³-hybridized carbons (Fsp3) is 0.0400. The molecule has 0 radical (unpaired) electrons. The molecular formula is C25H18F2O2S. The molecule has 0 atom stereocenters. The molecule has 0 fully saturated rings. The largest absolute Gasteiger partial charge is 0.508 e. The number of thiol groups is 1. The maximum absolute atomic E-state index is 13.9. The summed E-state index contributed by atoms with van der Waals surface area (Å²) in [5.74, 6) is 0.319. The van der Waals surface area contributed by atoms with Crippen molar-refractivity contribution < 1.29 is 18.6 Å². The molecular weight excluding hydrogens is 402 g/mol. The van der Waals surface area contributed by atoms with Crippen molar-refractivity contribution in [3.8, 4) is 22.6 Å². The van der Waals surface area contributed by atoms with Crippen LogP contribution < -0.4 is 4.74 Å². The third-order valence-electron chi connectivity index (χ3n) is 5.13. The highest BCUT2D eigenvalue weighted by Gasteiger charge is 2.28. The van der Waals surface area contributed by atoms with Crippen molar-refractivity contribution in [1.82, 2.24) is 0 Å². The van der Waals surface area contributed by atoms with Crippen LogP contribution in [0.1, 0.15) is 5.56 Å². The number of phenolic OH excluding ortho intramolecular Hbond substituents is 1. The van der Waals surface area contributed by atoms with Gasteiger partial charge in [0.25, 0.3) is 0 Å². The minimum absolute atomic E-state index is 0.224. The first-order valence-electron chi connectivity index (χ1n) is 9.49. The standard InChI is InChI=1S/C25H18F2O2S/c26-17-3-11-24-22(13-17)23-14-18(27)4-12-25(23)30(24)21-9-7-20(8-10-21)29-15-16-1-5-19(28)6-2-16/h1-14,28,30H,15H2. The van der Waals surface area contributed by atoms with Gasteiger partial charge in [-0.25, -0.2) is 8.78 Å². The van der Waals surface area contributed by atoms with Crippen LogP contribution in [-0.2, 0) is 6.61 Å². The van der Waals surface area contributed by atoms with Crippen molar-refractivity contribution in [1.29, 1.82) is 0 Å². The minimum Gasteiger partial charge on any atom is -0.508 e. The lowest BCUT2D eigenvalue weighted by Crippen LogP contribution is -1.95. The predicted molar refractivity (Wildman–Crippen MR) is 114 cm³/mol. The van der Waals surface area contributed by atoms with Crippen molar-refractivity contribution in [2.75, 3.05) is 0 Å². The molecule has 0 aromatic heterocycles. The van der Waals surface area contributed by atoms with Gasteiger partial charge < -0.3 is 9.84 Å². The molecule has 1 aliphatic rings. The Balaban J connectivity index is 1.44. The Morgan fingerprint density at radius 2 is 1.27 bits per heavy atom. The lowest BCUT2D eigenvalue weighted by atomic mass is 10.1. The maximum Gasteiger partial charge on any atom is 0.123 e. The topological polar surface area (TPSA) is 29.5 Å². The number of hydrogen-bond acceptors (Lipinski definition) is 2. The fourth-order valence-electron chi connectivity index (χ4n) is 3.70. The van der Waals surface area contributed by atoms with Crippen molar-refractivity contribution in [3.63, 3.8) is 0 Å². The van der Waals surface area contributed by atoms with E-state index in [1.165, 1.54) is 24.3 Å². The molecule has 0 spiro atoms. The second-order valence-corrected chi connectivity index (χ2v) is 9.26. The number of rotatable bonds is 4. The Morgan fingerprint density at radius 1 is 0.700 bits per heavy atom. The molecule has 0 saturated carbocycles. The summed E-state index contributed by atoms with van der Waals surface area (Å²) >= 11 is 0. The molecule has 2 nitrogen and oxygen atoms in total. The molecule has 1 N–H and O–H groups in total. The average Bonchev–Trinajstić information content (AvgIpc) is 3.06. The third kappa shape index (κ3) is 3.42. The van der Waals surface area contributed by atoms with Gasteiger partial charge in [-0.3, -0.25) is 0 Å².